The summed E-state index contributed by atoms with van der Waals surface area (Å²) in [6.45, 7) is 1.96. The van der Waals surface area contributed by atoms with Gasteiger partial charge in [0, 0.05) is 18.2 Å². The number of rotatable bonds is 5. The normalized spacial score (nSPS) is 35.1. The monoisotopic (exact) mass is 486 g/mol. The minimum absolute atomic E-state index is 0. The molecule has 3 N–H and O–H groups in total. The van der Waals surface area contributed by atoms with Gasteiger partial charge < -0.3 is 24.7 Å². The number of nitrogens with one attached hydrogen (secondary N) is 1. The molecule has 1 amide bonds. The molecule has 182 valence electrons. The summed E-state index contributed by atoms with van der Waals surface area (Å²) in [7, 11) is 0. The highest BCUT2D eigenvalue weighted by Gasteiger charge is 2.73. The number of aromatic hydroxyl groups is 1. The summed E-state index contributed by atoms with van der Waals surface area (Å²) in [4.78, 5) is 15.4. The van der Waals surface area contributed by atoms with Crippen molar-refractivity contribution in [1.29, 1.82) is 0 Å². The van der Waals surface area contributed by atoms with Crippen LogP contribution in [0.4, 0.5) is 0 Å². The van der Waals surface area contributed by atoms with Gasteiger partial charge in [-0.25, -0.2) is 0 Å². The van der Waals surface area contributed by atoms with Crippen molar-refractivity contribution in [3.63, 3.8) is 0 Å². The van der Waals surface area contributed by atoms with Gasteiger partial charge in [0.1, 0.15) is 11.9 Å². The molecule has 1 saturated heterocycles. The molecule has 2 aliphatic heterocycles. The van der Waals surface area contributed by atoms with Gasteiger partial charge in [0.05, 0.1) is 29.7 Å². The van der Waals surface area contributed by atoms with Crippen molar-refractivity contribution >= 4 is 18.3 Å². The highest BCUT2D eigenvalue weighted by Crippen LogP contribution is 2.65. The van der Waals surface area contributed by atoms with Crippen LogP contribution in [0, 0.1) is 5.92 Å². The zero-order chi connectivity index (χ0) is 22.4. The van der Waals surface area contributed by atoms with Crippen molar-refractivity contribution in [3.8, 4) is 11.5 Å². The van der Waals surface area contributed by atoms with E-state index in [1.165, 1.54) is 18.4 Å². The van der Waals surface area contributed by atoms with Crippen molar-refractivity contribution in [1.82, 2.24) is 10.2 Å². The van der Waals surface area contributed by atoms with Gasteiger partial charge in [-0.2, -0.15) is 0 Å². The van der Waals surface area contributed by atoms with Crippen molar-refractivity contribution in [2.75, 3.05) is 13.1 Å². The maximum atomic E-state index is 12.9. The van der Waals surface area contributed by atoms with Crippen molar-refractivity contribution in [3.05, 3.63) is 47.4 Å². The first-order valence-electron chi connectivity index (χ1n) is 12.3. The lowest BCUT2D eigenvalue weighted by atomic mass is 9.48. The summed E-state index contributed by atoms with van der Waals surface area (Å²) < 4.78 is 11.8. The van der Waals surface area contributed by atoms with Gasteiger partial charge in [-0.15, -0.1) is 12.4 Å². The molecule has 7 rings (SSSR count). The zero-order valence-corrected chi connectivity index (χ0v) is 19.9. The second-order valence-electron chi connectivity index (χ2n) is 10.8. The molecule has 1 spiro atoms. The first-order valence-corrected chi connectivity index (χ1v) is 12.3. The standard InChI is InChI=1S/C26H30N2O5.ClH/c29-19-6-5-16-12-20-26(31)8-7-18(27-21(30)13-17-2-1-11-32-17)24-25(26,22(16)23(19)33-24)9-10-28(20)14-15-3-4-15;/h1-2,5-6,11,15,18,20,24,29,31H,3-4,7-10,12-14H2,(H,27,30);1H/t18-,20-,24+,25+,26-;/m1./s1. The first-order chi connectivity index (χ1) is 16.0. The number of likely N-dealkylation sites (tertiary alicyclic amines) is 1. The van der Waals surface area contributed by atoms with Crippen LogP contribution in [0.5, 0.6) is 11.5 Å². The Balaban J connectivity index is 0.00000217. The van der Waals surface area contributed by atoms with Crippen LogP contribution >= 0.6 is 12.4 Å². The third-order valence-electron chi connectivity index (χ3n) is 9.02. The van der Waals surface area contributed by atoms with Crippen LogP contribution in [0.15, 0.2) is 34.9 Å². The lowest BCUT2D eigenvalue weighted by Crippen LogP contribution is -2.78. The number of carbonyl (C=O) groups excluding carboxylic acids is 1. The number of hydrogen-bond acceptors (Lipinski definition) is 6. The summed E-state index contributed by atoms with van der Waals surface area (Å²) in [6.07, 6.45) is 6.72. The molecule has 3 aliphatic carbocycles. The van der Waals surface area contributed by atoms with Crippen LogP contribution in [-0.4, -0.2) is 57.9 Å². The molecular formula is C26H31ClN2O5. The molecule has 5 atom stereocenters. The van der Waals surface area contributed by atoms with Crippen LogP contribution in [0.2, 0.25) is 0 Å². The molecule has 7 nitrogen and oxygen atoms in total. The Bertz CT molecular complexity index is 1120. The van der Waals surface area contributed by atoms with Crippen LogP contribution in [0.25, 0.3) is 0 Å². The Kier molecular flexibility index (Phi) is 5.00. The van der Waals surface area contributed by atoms with Gasteiger partial charge in [-0.3, -0.25) is 9.69 Å². The van der Waals surface area contributed by atoms with E-state index in [1.54, 1.807) is 24.5 Å². The molecule has 0 unspecified atom stereocenters. The van der Waals surface area contributed by atoms with Gasteiger partial charge >= 0.3 is 0 Å². The van der Waals surface area contributed by atoms with Gasteiger partial charge in [-0.05, 0) is 74.8 Å². The average molecular weight is 487 g/mol. The number of furan rings is 1. The van der Waals surface area contributed by atoms with E-state index in [9.17, 15) is 15.0 Å². The van der Waals surface area contributed by atoms with E-state index >= 15 is 0 Å². The molecule has 0 radical (unpaired) electrons. The predicted molar refractivity (Wildman–Crippen MR) is 126 cm³/mol. The molecule has 8 heteroatoms. The lowest BCUT2D eigenvalue weighted by Gasteiger charge is -2.64. The number of piperidine rings is 1. The second kappa shape index (κ2) is 7.64. The predicted octanol–water partition coefficient (Wildman–Crippen LogP) is 2.70. The summed E-state index contributed by atoms with van der Waals surface area (Å²) in [5.41, 5.74) is 0.615. The second-order valence-corrected chi connectivity index (χ2v) is 10.8. The summed E-state index contributed by atoms with van der Waals surface area (Å²) in [5.74, 6) is 1.91. The van der Waals surface area contributed by atoms with E-state index in [0.717, 1.165) is 37.4 Å². The Morgan fingerprint density at radius 3 is 2.82 bits per heavy atom. The number of ether oxygens (including phenoxy) is 1. The quantitative estimate of drug-likeness (QED) is 0.601. The average Bonchev–Trinajstić information content (AvgIpc) is 3.31. The highest BCUT2D eigenvalue weighted by molar-refractivity contribution is 5.85. The largest absolute Gasteiger partial charge is 0.504 e. The number of carbonyl (C=O) groups is 1. The number of halogens is 1. The maximum absolute atomic E-state index is 12.9. The molecule has 3 heterocycles. The number of benzene rings is 1. The Labute approximate surface area is 204 Å². The van der Waals surface area contributed by atoms with E-state index in [0.29, 0.717) is 24.4 Å². The number of aliphatic hydroxyl groups is 1. The summed E-state index contributed by atoms with van der Waals surface area (Å²) >= 11 is 0. The SMILES string of the molecule is Cl.O=C(Cc1ccco1)N[C@@H]1CC[C@@]2(O)[C@H]3Cc4ccc(O)c5c4[C@@]2(CCN3CC2CC2)[C@H]1O5. The first kappa shape index (κ1) is 22.3. The van der Waals surface area contributed by atoms with Gasteiger partial charge in [0.15, 0.2) is 11.5 Å². The molecule has 2 aromatic rings. The van der Waals surface area contributed by atoms with Crippen molar-refractivity contribution in [2.24, 2.45) is 5.92 Å². The fourth-order valence-corrected chi connectivity index (χ4v) is 7.46. The minimum atomic E-state index is -0.931. The van der Waals surface area contributed by atoms with Crippen molar-refractivity contribution < 1.29 is 24.2 Å². The van der Waals surface area contributed by atoms with Gasteiger partial charge in [-0.1, -0.05) is 6.07 Å². The maximum Gasteiger partial charge on any atom is 0.227 e. The summed E-state index contributed by atoms with van der Waals surface area (Å²) in [6, 6.07) is 7.11. The van der Waals surface area contributed by atoms with Crippen LogP contribution < -0.4 is 10.1 Å². The third kappa shape index (κ3) is 2.93. The van der Waals surface area contributed by atoms with Crippen LogP contribution in [-0.2, 0) is 23.1 Å². The molecule has 34 heavy (non-hydrogen) atoms. The van der Waals surface area contributed by atoms with Crippen molar-refractivity contribution in [2.45, 2.75) is 74.1 Å². The smallest absolute Gasteiger partial charge is 0.227 e. The fourth-order valence-electron chi connectivity index (χ4n) is 7.46. The van der Waals surface area contributed by atoms with E-state index in [2.05, 4.69) is 10.2 Å². The highest BCUT2D eigenvalue weighted by atomic mass is 35.5. The Hall–Kier alpha value is -2.22. The number of phenols is 1. The lowest BCUT2D eigenvalue weighted by molar-refractivity contribution is -0.192. The molecule has 1 aromatic carbocycles. The number of phenolic OH excluding ortho intramolecular Hbond substituents is 1. The topological polar surface area (TPSA) is 95.2 Å². The van der Waals surface area contributed by atoms with Crippen LogP contribution in [0.1, 0.15) is 49.0 Å². The molecule has 2 saturated carbocycles. The van der Waals surface area contributed by atoms with Gasteiger partial charge in [0.2, 0.25) is 5.91 Å². The Morgan fingerprint density at radius 1 is 1.21 bits per heavy atom. The fraction of sp³-hybridized carbons (Fsp3) is 0.577. The number of nitrogens with zero attached hydrogens (tertiary/aromatic N) is 1. The van der Waals surface area contributed by atoms with Gasteiger partial charge in [0.25, 0.3) is 0 Å². The zero-order valence-electron chi connectivity index (χ0n) is 19.0. The number of amides is 1. The van der Waals surface area contributed by atoms with E-state index in [-0.39, 0.29) is 42.6 Å². The van der Waals surface area contributed by atoms with E-state index < -0.39 is 17.1 Å². The summed E-state index contributed by atoms with van der Waals surface area (Å²) in [5, 5.41) is 26.3. The Morgan fingerprint density at radius 2 is 2.06 bits per heavy atom. The molecule has 2 bridgehead atoms. The van der Waals surface area contributed by atoms with E-state index in [1.807, 2.05) is 6.07 Å². The molecular weight excluding hydrogens is 456 g/mol. The minimum Gasteiger partial charge on any atom is -0.504 e. The molecule has 1 aromatic heterocycles. The molecule has 5 aliphatic rings. The molecule has 3 fully saturated rings. The third-order valence-corrected chi connectivity index (χ3v) is 9.02. The van der Waals surface area contributed by atoms with E-state index in [4.69, 9.17) is 9.15 Å². The number of hydrogen-bond donors (Lipinski definition) is 3. The van der Waals surface area contributed by atoms with Crippen LogP contribution in [0.3, 0.4) is 0 Å².